The summed E-state index contributed by atoms with van der Waals surface area (Å²) < 4.78 is 0. The lowest BCUT2D eigenvalue weighted by Crippen LogP contribution is -2.47. The average Bonchev–Trinajstić information content (AvgIpc) is 2.86. The van der Waals surface area contributed by atoms with Gasteiger partial charge < -0.3 is 10.4 Å². The molecule has 1 amide bonds. The lowest BCUT2D eigenvalue weighted by molar-refractivity contribution is -0.0300. The molecule has 0 unspecified atom stereocenters. The van der Waals surface area contributed by atoms with E-state index in [1.165, 1.54) is 11.3 Å². The third-order valence-electron chi connectivity index (χ3n) is 3.89. The number of rotatable bonds is 4. The normalized spacial score (nSPS) is 16.3. The number of aromatic nitrogens is 1. The van der Waals surface area contributed by atoms with E-state index >= 15 is 0 Å². The standard InChI is InChI=1S/C16H18N2O2S/c1-11-13(14(19)17-10-16(20)8-5-9-16)21-15(18-11)12-6-3-2-4-7-12/h2-4,6-7,20H,5,8-10H2,1H3,(H,17,19). The van der Waals surface area contributed by atoms with Crippen LogP contribution >= 0.6 is 11.3 Å². The fraction of sp³-hybridized carbons (Fsp3) is 0.375. The molecule has 0 radical (unpaired) electrons. The number of aliphatic hydroxyl groups is 1. The van der Waals surface area contributed by atoms with Gasteiger partial charge in [0.25, 0.3) is 5.91 Å². The Morgan fingerprint density at radius 1 is 1.38 bits per heavy atom. The highest BCUT2D eigenvalue weighted by Gasteiger charge is 2.34. The minimum Gasteiger partial charge on any atom is -0.388 e. The van der Waals surface area contributed by atoms with Gasteiger partial charge in [-0.15, -0.1) is 11.3 Å². The summed E-state index contributed by atoms with van der Waals surface area (Å²) in [5.74, 6) is -0.146. The van der Waals surface area contributed by atoms with Gasteiger partial charge in [-0.3, -0.25) is 4.79 Å². The molecule has 4 nitrogen and oxygen atoms in total. The van der Waals surface area contributed by atoms with Crippen LogP contribution in [0.15, 0.2) is 30.3 Å². The number of thiazole rings is 1. The summed E-state index contributed by atoms with van der Waals surface area (Å²) >= 11 is 1.39. The van der Waals surface area contributed by atoms with E-state index < -0.39 is 5.60 Å². The number of aryl methyl sites for hydroxylation is 1. The zero-order chi connectivity index (χ0) is 14.9. The van der Waals surface area contributed by atoms with E-state index in [0.29, 0.717) is 11.4 Å². The molecular weight excluding hydrogens is 284 g/mol. The molecule has 0 atom stereocenters. The summed E-state index contributed by atoms with van der Waals surface area (Å²) in [6.45, 7) is 2.17. The van der Waals surface area contributed by atoms with Gasteiger partial charge in [0.15, 0.2) is 0 Å². The Balaban J connectivity index is 1.73. The fourth-order valence-electron chi connectivity index (χ4n) is 2.40. The van der Waals surface area contributed by atoms with Crippen molar-refractivity contribution in [2.45, 2.75) is 31.8 Å². The van der Waals surface area contributed by atoms with E-state index in [1.807, 2.05) is 37.3 Å². The van der Waals surface area contributed by atoms with Crippen molar-refractivity contribution in [3.8, 4) is 10.6 Å². The molecule has 0 spiro atoms. The van der Waals surface area contributed by atoms with E-state index in [-0.39, 0.29) is 5.91 Å². The molecule has 1 aromatic heterocycles. The van der Waals surface area contributed by atoms with Crippen LogP contribution in [-0.2, 0) is 0 Å². The topological polar surface area (TPSA) is 62.2 Å². The first kappa shape index (κ1) is 14.2. The summed E-state index contributed by atoms with van der Waals surface area (Å²) in [5.41, 5.74) is 1.05. The maximum atomic E-state index is 12.2. The molecule has 2 N–H and O–H groups in total. The zero-order valence-corrected chi connectivity index (χ0v) is 12.7. The molecule has 5 heteroatoms. The van der Waals surface area contributed by atoms with Crippen LogP contribution in [0.1, 0.15) is 34.6 Å². The average molecular weight is 302 g/mol. The first-order valence-corrected chi connectivity index (χ1v) is 7.92. The van der Waals surface area contributed by atoms with Gasteiger partial charge in [0.1, 0.15) is 9.88 Å². The number of nitrogens with one attached hydrogen (secondary N) is 1. The molecule has 1 aromatic carbocycles. The van der Waals surface area contributed by atoms with Gasteiger partial charge in [0.05, 0.1) is 11.3 Å². The van der Waals surface area contributed by atoms with E-state index in [4.69, 9.17) is 0 Å². The van der Waals surface area contributed by atoms with Crippen molar-refractivity contribution >= 4 is 17.2 Å². The molecule has 2 aromatic rings. The van der Waals surface area contributed by atoms with Crippen molar-refractivity contribution in [3.05, 3.63) is 40.9 Å². The van der Waals surface area contributed by atoms with Crippen LogP contribution in [0.4, 0.5) is 0 Å². The highest BCUT2D eigenvalue weighted by molar-refractivity contribution is 7.17. The summed E-state index contributed by atoms with van der Waals surface area (Å²) in [6, 6.07) is 9.83. The van der Waals surface area contributed by atoms with E-state index in [1.54, 1.807) is 0 Å². The van der Waals surface area contributed by atoms with Crippen LogP contribution in [0.25, 0.3) is 10.6 Å². The number of hydrogen-bond acceptors (Lipinski definition) is 4. The van der Waals surface area contributed by atoms with Crippen LogP contribution in [0.2, 0.25) is 0 Å². The van der Waals surface area contributed by atoms with Crippen molar-refractivity contribution < 1.29 is 9.90 Å². The predicted octanol–water partition coefficient (Wildman–Crippen LogP) is 2.76. The molecule has 1 saturated carbocycles. The molecule has 3 rings (SSSR count). The monoisotopic (exact) mass is 302 g/mol. The maximum absolute atomic E-state index is 12.2. The Bertz CT molecular complexity index is 648. The third-order valence-corrected chi connectivity index (χ3v) is 5.09. The number of carbonyl (C=O) groups excluding carboxylic acids is 1. The molecule has 1 aliphatic carbocycles. The quantitative estimate of drug-likeness (QED) is 0.913. The van der Waals surface area contributed by atoms with E-state index in [2.05, 4.69) is 10.3 Å². The van der Waals surface area contributed by atoms with Crippen LogP contribution < -0.4 is 5.32 Å². The van der Waals surface area contributed by atoms with Crippen molar-refractivity contribution in [2.24, 2.45) is 0 Å². The summed E-state index contributed by atoms with van der Waals surface area (Å²) in [6.07, 6.45) is 2.57. The van der Waals surface area contributed by atoms with Crippen molar-refractivity contribution in [1.29, 1.82) is 0 Å². The van der Waals surface area contributed by atoms with Crippen LogP contribution in [0.3, 0.4) is 0 Å². The Labute approximate surface area is 127 Å². The smallest absolute Gasteiger partial charge is 0.263 e. The number of benzene rings is 1. The molecule has 110 valence electrons. The minimum atomic E-state index is -0.698. The van der Waals surface area contributed by atoms with Crippen LogP contribution in [0.5, 0.6) is 0 Å². The first-order chi connectivity index (χ1) is 10.1. The van der Waals surface area contributed by atoms with Crippen molar-refractivity contribution in [2.75, 3.05) is 6.54 Å². The molecule has 0 saturated heterocycles. The van der Waals surface area contributed by atoms with Gasteiger partial charge in [0, 0.05) is 12.1 Å². The second-order valence-corrected chi connectivity index (χ2v) is 6.56. The summed E-state index contributed by atoms with van der Waals surface area (Å²) in [7, 11) is 0. The number of carbonyl (C=O) groups is 1. The first-order valence-electron chi connectivity index (χ1n) is 7.11. The van der Waals surface area contributed by atoms with Gasteiger partial charge in [-0.05, 0) is 26.2 Å². The Kier molecular flexibility index (Phi) is 3.78. The highest BCUT2D eigenvalue weighted by Crippen LogP contribution is 2.31. The zero-order valence-electron chi connectivity index (χ0n) is 11.9. The Hall–Kier alpha value is -1.72. The molecule has 1 fully saturated rings. The summed E-state index contributed by atoms with van der Waals surface area (Å²) in [5, 5.41) is 13.7. The SMILES string of the molecule is Cc1nc(-c2ccccc2)sc1C(=O)NCC1(O)CCC1. The lowest BCUT2D eigenvalue weighted by atomic mass is 9.80. The van der Waals surface area contributed by atoms with Gasteiger partial charge in [0.2, 0.25) is 0 Å². The van der Waals surface area contributed by atoms with Crippen molar-refractivity contribution in [1.82, 2.24) is 10.3 Å². The second-order valence-electron chi connectivity index (χ2n) is 5.56. The van der Waals surface area contributed by atoms with Gasteiger partial charge in [-0.2, -0.15) is 0 Å². The Morgan fingerprint density at radius 2 is 2.10 bits per heavy atom. The maximum Gasteiger partial charge on any atom is 0.263 e. The highest BCUT2D eigenvalue weighted by atomic mass is 32.1. The molecule has 0 bridgehead atoms. The van der Waals surface area contributed by atoms with Gasteiger partial charge in [-0.25, -0.2) is 4.98 Å². The molecule has 21 heavy (non-hydrogen) atoms. The van der Waals surface area contributed by atoms with Crippen molar-refractivity contribution in [3.63, 3.8) is 0 Å². The molecular formula is C16H18N2O2S. The number of nitrogens with zero attached hydrogens (tertiary/aromatic N) is 1. The number of hydrogen-bond donors (Lipinski definition) is 2. The number of amides is 1. The molecule has 0 aliphatic heterocycles. The van der Waals surface area contributed by atoms with E-state index in [9.17, 15) is 9.90 Å². The van der Waals surface area contributed by atoms with Crippen LogP contribution in [0, 0.1) is 6.92 Å². The largest absolute Gasteiger partial charge is 0.388 e. The van der Waals surface area contributed by atoms with Gasteiger partial charge in [-0.1, -0.05) is 30.3 Å². The summed E-state index contributed by atoms with van der Waals surface area (Å²) in [4.78, 5) is 17.3. The lowest BCUT2D eigenvalue weighted by Gasteiger charge is -2.36. The molecule has 1 heterocycles. The predicted molar refractivity (Wildman–Crippen MR) is 83.4 cm³/mol. The Morgan fingerprint density at radius 3 is 2.71 bits per heavy atom. The molecule has 1 aliphatic rings. The van der Waals surface area contributed by atoms with Crippen LogP contribution in [-0.4, -0.2) is 28.1 Å². The van der Waals surface area contributed by atoms with Gasteiger partial charge >= 0.3 is 0 Å². The third kappa shape index (κ3) is 2.99. The van der Waals surface area contributed by atoms with E-state index in [0.717, 1.165) is 35.5 Å². The second kappa shape index (κ2) is 5.58. The minimum absolute atomic E-state index is 0.146. The fourth-order valence-corrected chi connectivity index (χ4v) is 3.39.